The molecule has 3 rings (SSSR count). The van der Waals surface area contributed by atoms with Gasteiger partial charge in [-0.15, -0.1) is 0 Å². The number of nitrogens with zero attached hydrogens (tertiary/aromatic N) is 2. The highest BCUT2D eigenvalue weighted by Gasteiger charge is 2.27. The molecule has 1 aliphatic rings. The van der Waals surface area contributed by atoms with E-state index < -0.39 is 0 Å². The summed E-state index contributed by atoms with van der Waals surface area (Å²) in [6, 6.07) is 10.2. The van der Waals surface area contributed by atoms with Gasteiger partial charge in [0.15, 0.2) is 0 Å². The van der Waals surface area contributed by atoms with Gasteiger partial charge < -0.3 is 0 Å². The second kappa shape index (κ2) is 4.11. The molecule has 1 aromatic carbocycles. The second-order valence-corrected chi connectivity index (χ2v) is 4.96. The molecule has 2 aromatic rings. The van der Waals surface area contributed by atoms with E-state index in [0.29, 0.717) is 11.1 Å². The zero-order valence-corrected chi connectivity index (χ0v) is 10.4. The summed E-state index contributed by atoms with van der Waals surface area (Å²) in [6.07, 6.45) is 2.38. The van der Waals surface area contributed by atoms with Crippen LogP contribution in [0.1, 0.15) is 30.1 Å². The Balaban J connectivity index is 2.04. The Hall–Kier alpha value is -1.41. The molecule has 0 saturated heterocycles. The molecule has 1 heterocycles. The molecule has 1 aliphatic carbocycles. The van der Waals surface area contributed by atoms with Crippen LogP contribution in [-0.2, 0) is 0 Å². The maximum Gasteiger partial charge on any atom is 0.133 e. The molecule has 1 fully saturated rings. The molecule has 1 aromatic heterocycles. The highest BCUT2D eigenvalue weighted by atomic mass is 35.5. The lowest BCUT2D eigenvalue weighted by Gasteiger charge is -2.04. The molecule has 0 aliphatic heterocycles. The van der Waals surface area contributed by atoms with Gasteiger partial charge in [-0.05, 0) is 19.8 Å². The van der Waals surface area contributed by atoms with Gasteiger partial charge in [0.25, 0.3) is 0 Å². The van der Waals surface area contributed by atoms with Gasteiger partial charge in [0.1, 0.15) is 11.0 Å². The van der Waals surface area contributed by atoms with Crippen LogP contribution in [0.5, 0.6) is 0 Å². The predicted molar refractivity (Wildman–Crippen MR) is 69.2 cm³/mol. The van der Waals surface area contributed by atoms with Crippen LogP contribution >= 0.6 is 11.6 Å². The highest BCUT2D eigenvalue weighted by Crippen LogP contribution is 2.39. The van der Waals surface area contributed by atoms with Gasteiger partial charge in [-0.2, -0.15) is 0 Å². The number of halogens is 1. The summed E-state index contributed by atoms with van der Waals surface area (Å²) >= 11 is 6.05. The van der Waals surface area contributed by atoms with E-state index in [1.807, 2.05) is 6.07 Å². The third-order valence-corrected chi connectivity index (χ3v) is 3.20. The second-order valence-electron chi connectivity index (χ2n) is 4.57. The summed E-state index contributed by atoms with van der Waals surface area (Å²) in [5.74, 6) is 1.42. The molecule has 0 N–H and O–H groups in total. The predicted octanol–water partition coefficient (Wildman–Crippen LogP) is 3.98. The molecule has 0 bridgehead atoms. The summed E-state index contributed by atoms with van der Waals surface area (Å²) in [6.45, 7) is 2.08. The van der Waals surface area contributed by atoms with E-state index in [1.54, 1.807) is 0 Å². The van der Waals surface area contributed by atoms with Crippen molar-refractivity contribution in [1.29, 1.82) is 0 Å². The van der Waals surface area contributed by atoms with Crippen molar-refractivity contribution in [3.05, 3.63) is 46.9 Å². The van der Waals surface area contributed by atoms with Gasteiger partial charge in [-0.1, -0.05) is 41.4 Å². The minimum Gasteiger partial charge on any atom is -0.232 e. The van der Waals surface area contributed by atoms with Crippen LogP contribution in [0.3, 0.4) is 0 Å². The molecule has 0 spiro atoms. The van der Waals surface area contributed by atoms with Crippen LogP contribution in [0, 0.1) is 6.92 Å². The number of hydrogen-bond donors (Lipinski definition) is 0. The summed E-state index contributed by atoms with van der Waals surface area (Å²) in [5, 5.41) is 0.539. The molecule has 17 heavy (non-hydrogen) atoms. The quantitative estimate of drug-likeness (QED) is 0.747. The van der Waals surface area contributed by atoms with Crippen molar-refractivity contribution < 1.29 is 0 Å². The van der Waals surface area contributed by atoms with E-state index in [0.717, 1.165) is 17.1 Å². The molecule has 0 unspecified atom stereocenters. The van der Waals surface area contributed by atoms with Crippen LogP contribution in [-0.4, -0.2) is 9.97 Å². The standard InChI is InChI=1S/C14H13ClN2/c1-9-2-4-10(5-3-9)12-8-13(15)17-14(16-12)11-6-7-11/h2-5,8,11H,6-7H2,1H3. The lowest BCUT2D eigenvalue weighted by atomic mass is 10.1. The molecule has 3 heteroatoms. The zero-order chi connectivity index (χ0) is 11.8. The molecular weight excluding hydrogens is 232 g/mol. The van der Waals surface area contributed by atoms with E-state index in [1.165, 1.54) is 18.4 Å². The Bertz CT molecular complexity index is 545. The van der Waals surface area contributed by atoms with Crippen LogP contribution in [0.4, 0.5) is 0 Å². The molecule has 0 atom stereocenters. The minimum absolute atomic E-state index is 0.526. The third-order valence-electron chi connectivity index (χ3n) is 3.00. The third kappa shape index (κ3) is 2.32. The average molecular weight is 245 g/mol. The maximum atomic E-state index is 6.05. The molecule has 0 radical (unpaired) electrons. The Morgan fingerprint density at radius 2 is 1.82 bits per heavy atom. The molecule has 1 saturated carbocycles. The first-order chi connectivity index (χ1) is 8.22. The van der Waals surface area contributed by atoms with Crippen molar-refractivity contribution in [2.45, 2.75) is 25.7 Å². The van der Waals surface area contributed by atoms with Gasteiger partial charge in [-0.25, -0.2) is 9.97 Å². The number of aromatic nitrogens is 2. The fraction of sp³-hybridized carbons (Fsp3) is 0.286. The van der Waals surface area contributed by atoms with Gasteiger partial charge >= 0.3 is 0 Å². The first-order valence-electron chi connectivity index (χ1n) is 5.84. The Kier molecular flexibility index (Phi) is 2.60. The van der Waals surface area contributed by atoms with Crippen molar-refractivity contribution in [1.82, 2.24) is 9.97 Å². The van der Waals surface area contributed by atoms with Gasteiger partial charge in [0, 0.05) is 17.5 Å². The first-order valence-corrected chi connectivity index (χ1v) is 6.22. The maximum absolute atomic E-state index is 6.05. The Morgan fingerprint density at radius 1 is 1.12 bits per heavy atom. The van der Waals surface area contributed by atoms with Crippen molar-refractivity contribution in [2.24, 2.45) is 0 Å². The van der Waals surface area contributed by atoms with E-state index >= 15 is 0 Å². The Morgan fingerprint density at radius 3 is 2.47 bits per heavy atom. The van der Waals surface area contributed by atoms with Crippen molar-refractivity contribution >= 4 is 11.6 Å². The number of aryl methyl sites for hydroxylation is 1. The summed E-state index contributed by atoms with van der Waals surface area (Å²) < 4.78 is 0. The number of rotatable bonds is 2. The first kappa shape index (κ1) is 10.7. The summed E-state index contributed by atoms with van der Waals surface area (Å²) in [5.41, 5.74) is 3.27. The van der Waals surface area contributed by atoms with Crippen molar-refractivity contribution in [2.75, 3.05) is 0 Å². The van der Waals surface area contributed by atoms with Crippen LogP contribution in [0.25, 0.3) is 11.3 Å². The van der Waals surface area contributed by atoms with Crippen LogP contribution in [0.2, 0.25) is 5.15 Å². The van der Waals surface area contributed by atoms with Crippen molar-refractivity contribution in [3.63, 3.8) is 0 Å². The van der Waals surface area contributed by atoms with Gasteiger partial charge in [0.05, 0.1) is 5.69 Å². The van der Waals surface area contributed by atoms with E-state index in [9.17, 15) is 0 Å². The van der Waals surface area contributed by atoms with Crippen LogP contribution in [0.15, 0.2) is 30.3 Å². The van der Waals surface area contributed by atoms with Gasteiger partial charge in [0.2, 0.25) is 0 Å². The van der Waals surface area contributed by atoms with Crippen molar-refractivity contribution in [3.8, 4) is 11.3 Å². The van der Waals surface area contributed by atoms with E-state index in [-0.39, 0.29) is 0 Å². The number of hydrogen-bond acceptors (Lipinski definition) is 2. The summed E-state index contributed by atoms with van der Waals surface area (Å²) in [7, 11) is 0. The van der Waals surface area contributed by atoms with E-state index in [4.69, 9.17) is 11.6 Å². The lowest BCUT2D eigenvalue weighted by molar-refractivity contribution is 0.931. The van der Waals surface area contributed by atoms with E-state index in [2.05, 4.69) is 41.2 Å². The average Bonchev–Trinajstić information content (AvgIpc) is 3.13. The molecule has 86 valence electrons. The Labute approximate surface area is 106 Å². The highest BCUT2D eigenvalue weighted by molar-refractivity contribution is 6.29. The SMILES string of the molecule is Cc1ccc(-c2cc(Cl)nc(C3CC3)n2)cc1. The smallest absolute Gasteiger partial charge is 0.133 e. The molecule has 0 amide bonds. The van der Waals surface area contributed by atoms with Crippen LogP contribution < -0.4 is 0 Å². The van der Waals surface area contributed by atoms with Gasteiger partial charge in [-0.3, -0.25) is 0 Å². The summed E-state index contributed by atoms with van der Waals surface area (Å²) in [4.78, 5) is 8.89. The lowest BCUT2D eigenvalue weighted by Crippen LogP contribution is -1.95. The zero-order valence-electron chi connectivity index (χ0n) is 9.65. The molecular formula is C14H13ClN2. The minimum atomic E-state index is 0.526. The largest absolute Gasteiger partial charge is 0.232 e. The molecule has 2 nitrogen and oxygen atoms in total. The normalized spacial score (nSPS) is 14.9. The fourth-order valence-electron chi connectivity index (χ4n) is 1.83. The monoisotopic (exact) mass is 244 g/mol. The fourth-order valence-corrected chi connectivity index (χ4v) is 2.02. The topological polar surface area (TPSA) is 25.8 Å². The number of benzene rings is 1.